The largest absolute Gasteiger partial charge is 0.331 e. The normalized spacial score (nSPS) is 14.0. The van der Waals surface area contributed by atoms with E-state index in [1.54, 1.807) is 4.90 Å². The number of benzene rings is 2. The molecule has 3 amide bonds. The number of fused-ring (bicyclic) bond motifs is 1. The van der Waals surface area contributed by atoms with Crippen molar-refractivity contribution in [1.29, 1.82) is 0 Å². The molecule has 3 rings (SSSR count). The molecule has 1 atom stereocenters. The molecule has 0 fully saturated rings. The van der Waals surface area contributed by atoms with E-state index >= 15 is 0 Å². The second-order valence-electron chi connectivity index (χ2n) is 6.01. The van der Waals surface area contributed by atoms with E-state index in [2.05, 4.69) is 16.7 Å². The van der Waals surface area contributed by atoms with E-state index < -0.39 is 0 Å². The van der Waals surface area contributed by atoms with Crippen molar-refractivity contribution in [1.82, 2.24) is 5.32 Å². The van der Waals surface area contributed by atoms with E-state index in [1.165, 1.54) is 12.5 Å². The first-order chi connectivity index (χ1) is 11.5. The summed E-state index contributed by atoms with van der Waals surface area (Å²) in [6.45, 7) is 4.11. The second kappa shape index (κ2) is 6.74. The summed E-state index contributed by atoms with van der Waals surface area (Å²) in [7, 11) is 0. The van der Waals surface area contributed by atoms with E-state index in [0.717, 1.165) is 23.4 Å². The fourth-order valence-corrected chi connectivity index (χ4v) is 2.98. The van der Waals surface area contributed by atoms with Gasteiger partial charge < -0.3 is 10.6 Å². The Kier molecular flexibility index (Phi) is 4.51. The molecule has 1 aliphatic heterocycles. The van der Waals surface area contributed by atoms with Gasteiger partial charge in [-0.25, -0.2) is 4.79 Å². The third-order valence-corrected chi connectivity index (χ3v) is 4.18. The minimum Gasteiger partial charge on any atom is -0.331 e. The van der Waals surface area contributed by atoms with Gasteiger partial charge in [0, 0.05) is 24.8 Å². The number of hydrogen-bond donors (Lipinski definition) is 2. The summed E-state index contributed by atoms with van der Waals surface area (Å²) in [5.41, 5.74) is 3.86. The molecule has 0 saturated heterocycles. The number of urea groups is 1. The highest BCUT2D eigenvalue weighted by atomic mass is 16.2. The Morgan fingerprint density at radius 3 is 2.71 bits per heavy atom. The van der Waals surface area contributed by atoms with E-state index in [-0.39, 0.29) is 18.0 Å². The molecule has 0 aliphatic carbocycles. The molecule has 1 aliphatic rings. The summed E-state index contributed by atoms with van der Waals surface area (Å²) in [6.07, 6.45) is 0.885. The van der Waals surface area contributed by atoms with Gasteiger partial charge in [0.2, 0.25) is 5.91 Å². The number of amides is 3. The number of nitrogens with one attached hydrogen (secondary N) is 2. The second-order valence-corrected chi connectivity index (χ2v) is 6.01. The van der Waals surface area contributed by atoms with Crippen LogP contribution in [0.15, 0.2) is 48.5 Å². The zero-order chi connectivity index (χ0) is 17.1. The lowest BCUT2D eigenvalue weighted by molar-refractivity contribution is -0.114. The number of carbonyl (C=O) groups is 2. The molecule has 24 heavy (non-hydrogen) atoms. The van der Waals surface area contributed by atoms with Crippen molar-refractivity contribution >= 4 is 23.3 Å². The summed E-state index contributed by atoms with van der Waals surface area (Å²) in [4.78, 5) is 25.6. The van der Waals surface area contributed by atoms with E-state index in [0.29, 0.717) is 6.54 Å². The van der Waals surface area contributed by atoms with E-state index in [1.807, 2.05) is 49.4 Å². The first-order valence-corrected chi connectivity index (χ1v) is 8.08. The summed E-state index contributed by atoms with van der Waals surface area (Å²) >= 11 is 0. The Bertz CT molecular complexity index is 773. The maximum absolute atomic E-state index is 12.6. The van der Waals surface area contributed by atoms with Crippen molar-refractivity contribution in [3.05, 3.63) is 59.7 Å². The molecule has 2 N–H and O–H groups in total. The van der Waals surface area contributed by atoms with Gasteiger partial charge in [-0.2, -0.15) is 0 Å². The van der Waals surface area contributed by atoms with E-state index in [4.69, 9.17) is 0 Å². The summed E-state index contributed by atoms with van der Waals surface area (Å²) < 4.78 is 0. The van der Waals surface area contributed by atoms with Gasteiger partial charge in [-0.15, -0.1) is 0 Å². The van der Waals surface area contributed by atoms with Crippen LogP contribution in [0.5, 0.6) is 0 Å². The van der Waals surface area contributed by atoms with Crippen molar-refractivity contribution in [3.63, 3.8) is 0 Å². The molecule has 124 valence electrons. The third-order valence-electron chi connectivity index (χ3n) is 4.18. The Labute approximate surface area is 141 Å². The van der Waals surface area contributed by atoms with Gasteiger partial charge >= 0.3 is 6.03 Å². The first kappa shape index (κ1) is 16.1. The zero-order valence-electron chi connectivity index (χ0n) is 13.9. The van der Waals surface area contributed by atoms with Crippen LogP contribution in [0.1, 0.15) is 31.0 Å². The average Bonchev–Trinajstić information content (AvgIpc) is 2.98. The lowest BCUT2D eigenvalue weighted by atomic mass is 10.1. The summed E-state index contributed by atoms with van der Waals surface area (Å²) in [5, 5.41) is 5.79. The summed E-state index contributed by atoms with van der Waals surface area (Å²) in [6, 6.07) is 15.2. The van der Waals surface area contributed by atoms with Gasteiger partial charge in [-0.3, -0.25) is 9.69 Å². The van der Waals surface area contributed by atoms with Crippen LogP contribution in [0.2, 0.25) is 0 Å². The predicted octanol–water partition coefficient (Wildman–Crippen LogP) is 3.48. The quantitative estimate of drug-likeness (QED) is 0.908. The number of anilines is 2. The predicted molar refractivity (Wildman–Crippen MR) is 95.2 cm³/mol. The number of para-hydroxylation sites is 1. The van der Waals surface area contributed by atoms with Crippen LogP contribution in [-0.4, -0.2) is 18.5 Å². The number of rotatable bonds is 3. The van der Waals surface area contributed by atoms with Gasteiger partial charge in [0.05, 0.1) is 6.04 Å². The third kappa shape index (κ3) is 3.40. The number of carbonyl (C=O) groups excluding carboxylic acids is 2. The Morgan fingerprint density at radius 1 is 1.12 bits per heavy atom. The molecule has 0 saturated carbocycles. The Hall–Kier alpha value is -2.82. The minimum absolute atomic E-state index is 0.0996. The monoisotopic (exact) mass is 323 g/mol. The van der Waals surface area contributed by atoms with Crippen molar-refractivity contribution in [2.24, 2.45) is 0 Å². The minimum atomic E-state index is -0.154. The van der Waals surface area contributed by atoms with Crippen LogP contribution in [0.25, 0.3) is 0 Å². The maximum Gasteiger partial charge on any atom is 0.322 e. The van der Waals surface area contributed by atoms with Gasteiger partial charge in [0.15, 0.2) is 0 Å². The molecule has 0 radical (unpaired) electrons. The summed E-state index contributed by atoms with van der Waals surface area (Å²) in [5.74, 6) is -0.113. The molecule has 2 aromatic rings. The molecular formula is C19H21N3O2. The Balaban J connectivity index is 1.70. The van der Waals surface area contributed by atoms with Gasteiger partial charge in [-0.05, 0) is 42.7 Å². The highest BCUT2D eigenvalue weighted by Gasteiger charge is 2.25. The average molecular weight is 323 g/mol. The highest BCUT2D eigenvalue weighted by Crippen LogP contribution is 2.28. The van der Waals surface area contributed by atoms with Crippen LogP contribution in [-0.2, 0) is 11.2 Å². The van der Waals surface area contributed by atoms with Crippen LogP contribution in [0.4, 0.5) is 16.2 Å². The van der Waals surface area contributed by atoms with Crippen molar-refractivity contribution in [2.45, 2.75) is 26.3 Å². The molecule has 5 nitrogen and oxygen atoms in total. The van der Waals surface area contributed by atoms with E-state index in [9.17, 15) is 9.59 Å². The standard InChI is InChI=1S/C19H21N3O2/c1-13(16-7-5-8-17(12-16)21-14(2)23)20-19(24)22-11-10-15-6-3-4-9-18(15)22/h3-9,12-13H,10-11H2,1-2H3,(H,20,24)(H,21,23). The highest BCUT2D eigenvalue weighted by molar-refractivity contribution is 5.94. The lowest BCUT2D eigenvalue weighted by Crippen LogP contribution is -2.40. The van der Waals surface area contributed by atoms with Crippen molar-refractivity contribution < 1.29 is 9.59 Å². The number of nitrogens with zero attached hydrogens (tertiary/aromatic N) is 1. The van der Waals surface area contributed by atoms with Crippen LogP contribution < -0.4 is 15.5 Å². The Morgan fingerprint density at radius 2 is 1.92 bits per heavy atom. The molecule has 1 heterocycles. The zero-order valence-corrected chi connectivity index (χ0v) is 13.9. The maximum atomic E-state index is 12.6. The van der Waals surface area contributed by atoms with Gasteiger partial charge in [0.25, 0.3) is 0 Å². The van der Waals surface area contributed by atoms with Crippen molar-refractivity contribution in [3.8, 4) is 0 Å². The molecule has 2 aromatic carbocycles. The SMILES string of the molecule is CC(=O)Nc1cccc(C(C)NC(=O)N2CCc3ccccc32)c1. The van der Waals surface area contributed by atoms with Crippen LogP contribution in [0, 0.1) is 0 Å². The van der Waals surface area contributed by atoms with Crippen molar-refractivity contribution in [2.75, 3.05) is 16.8 Å². The molecule has 5 heteroatoms. The molecular weight excluding hydrogens is 302 g/mol. The molecule has 0 spiro atoms. The smallest absolute Gasteiger partial charge is 0.322 e. The van der Waals surface area contributed by atoms with Gasteiger partial charge in [-0.1, -0.05) is 30.3 Å². The topological polar surface area (TPSA) is 61.4 Å². The first-order valence-electron chi connectivity index (χ1n) is 8.08. The fourth-order valence-electron chi connectivity index (χ4n) is 2.98. The lowest BCUT2D eigenvalue weighted by Gasteiger charge is -2.22. The van der Waals surface area contributed by atoms with Crippen LogP contribution >= 0.6 is 0 Å². The van der Waals surface area contributed by atoms with Gasteiger partial charge in [0.1, 0.15) is 0 Å². The molecule has 0 bridgehead atoms. The molecule has 1 unspecified atom stereocenters. The van der Waals surface area contributed by atoms with Crippen LogP contribution in [0.3, 0.4) is 0 Å². The number of hydrogen-bond acceptors (Lipinski definition) is 2. The molecule has 0 aromatic heterocycles. The fraction of sp³-hybridized carbons (Fsp3) is 0.263.